The molecule has 0 aliphatic carbocycles. The Balaban J connectivity index is 3.07. The zero-order valence-corrected chi connectivity index (χ0v) is 11.8. The van der Waals surface area contributed by atoms with Crippen molar-refractivity contribution in [3.63, 3.8) is 0 Å². The van der Waals surface area contributed by atoms with Crippen LogP contribution in [0.1, 0.15) is 5.56 Å². The van der Waals surface area contributed by atoms with Gasteiger partial charge in [0.15, 0.2) is 5.84 Å². The molecule has 1 rings (SSSR count). The van der Waals surface area contributed by atoms with E-state index in [9.17, 15) is 13.2 Å². The van der Waals surface area contributed by atoms with Gasteiger partial charge in [-0.15, -0.1) is 0 Å². The van der Waals surface area contributed by atoms with Crippen molar-refractivity contribution in [1.82, 2.24) is 0 Å². The summed E-state index contributed by atoms with van der Waals surface area (Å²) in [6.45, 7) is -1.74. The van der Waals surface area contributed by atoms with E-state index in [0.717, 1.165) is 4.90 Å². The number of aliphatic hydroxyl groups excluding tert-OH is 1. The molecule has 9 heteroatoms. The second-order valence-electron chi connectivity index (χ2n) is 3.91. The molecule has 5 nitrogen and oxygen atoms in total. The Hall–Kier alpha value is -1.48. The van der Waals surface area contributed by atoms with Gasteiger partial charge in [0.2, 0.25) is 0 Å². The van der Waals surface area contributed by atoms with Crippen molar-refractivity contribution >= 4 is 27.5 Å². The number of aliphatic hydroxyl groups is 1. The van der Waals surface area contributed by atoms with Gasteiger partial charge in [-0.25, -0.2) is 0 Å². The van der Waals surface area contributed by atoms with Crippen molar-refractivity contribution in [3.8, 4) is 0 Å². The molecular weight excluding hydrogens is 343 g/mol. The summed E-state index contributed by atoms with van der Waals surface area (Å²) >= 11 is 3.15. The van der Waals surface area contributed by atoms with E-state index >= 15 is 0 Å². The zero-order chi connectivity index (χ0) is 15.3. The highest BCUT2D eigenvalue weighted by molar-refractivity contribution is 9.10. The molecule has 4 N–H and O–H groups in total. The van der Waals surface area contributed by atoms with E-state index in [4.69, 9.17) is 16.0 Å². The lowest BCUT2D eigenvalue weighted by atomic mass is 10.2. The third-order valence-corrected chi connectivity index (χ3v) is 3.10. The first kappa shape index (κ1) is 16.6. The highest BCUT2D eigenvalue weighted by Gasteiger charge is 2.30. The molecule has 0 unspecified atom stereocenters. The maximum atomic E-state index is 12.5. The number of benzene rings is 1. The van der Waals surface area contributed by atoms with Gasteiger partial charge in [0.25, 0.3) is 0 Å². The molecule has 1 aromatic rings. The second kappa shape index (κ2) is 6.80. The van der Waals surface area contributed by atoms with Gasteiger partial charge < -0.3 is 20.9 Å². The monoisotopic (exact) mass is 355 g/mol. The van der Waals surface area contributed by atoms with Gasteiger partial charge in [0.1, 0.15) is 6.54 Å². The van der Waals surface area contributed by atoms with Crippen LogP contribution in [0.4, 0.5) is 18.9 Å². The Morgan fingerprint density at radius 2 is 2.05 bits per heavy atom. The molecular formula is C11H13BrF3N3O2. The Kier molecular flexibility index (Phi) is 5.63. The Bertz CT molecular complexity index is 494. The van der Waals surface area contributed by atoms with Gasteiger partial charge in [-0.3, -0.25) is 0 Å². The van der Waals surface area contributed by atoms with E-state index in [1.165, 1.54) is 18.2 Å². The normalized spacial score (nSPS) is 12.6. The molecule has 0 radical (unpaired) electrons. The number of anilines is 1. The van der Waals surface area contributed by atoms with Crippen LogP contribution in [0.5, 0.6) is 0 Å². The number of nitrogens with two attached hydrogens (primary N) is 1. The average molecular weight is 356 g/mol. The summed E-state index contributed by atoms with van der Waals surface area (Å²) < 4.78 is 37.8. The van der Waals surface area contributed by atoms with E-state index in [1.807, 2.05) is 0 Å². The number of amidine groups is 1. The van der Waals surface area contributed by atoms with Gasteiger partial charge in [0.05, 0.1) is 6.61 Å². The van der Waals surface area contributed by atoms with Crippen molar-refractivity contribution in [2.45, 2.75) is 6.18 Å². The first-order valence-corrected chi connectivity index (χ1v) is 6.28. The van der Waals surface area contributed by atoms with E-state index in [-0.39, 0.29) is 18.1 Å². The SMILES string of the molecule is N/C(=N/O)c1ccc(N(CCO)CC(F)(F)F)cc1Br. The fourth-order valence-corrected chi connectivity index (χ4v) is 2.17. The minimum absolute atomic E-state index is 0.158. The van der Waals surface area contributed by atoms with Gasteiger partial charge in [0, 0.05) is 22.3 Å². The van der Waals surface area contributed by atoms with Crippen molar-refractivity contribution in [2.24, 2.45) is 10.9 Å². The van der Waals surface area contributed by atoms with Gasteiger partial charge in [-0.2, -0.15) is 13.2 Å². The summed E-state index contributed by atoms with van der Waals surface area (Å²) in [4.78, 5) is 0.987. The molecule has 1 aromatic carbocycles. The van der Waals surface area contributed by atoms with Crippen molar-refractivity contribution in [2.75, 3.05) is 24.6 Å². The number of hydrogen-bond donors (Lipinski definition) is 3. The predicted molar refractivity (Wildman–Crippen MR) is 72.0 cm³/mol. The van der Waals surface area contributed by atoms with Gasteiger partial charge in [-0.05, 0) is 34.1 Å². The number of hydrogen-bond acceptors (Lipinski definition) is 4. The lowest BCUT2D eigenvalue weighted by molar-refractivity contribution is -0.119. The topological polar surface area (TPSA) is 82.1 Å². The summed E-state index contributed by atoms with van der Waals surface area (Å²) in [5.41, 5.74) is 6.03. The lowest BCUT2D eigenvalue weighted by Crippen LogP contribution is -2.36. The molecule has 0 fully saturated rings. The summed E-state index contributed by atoms with van der Waals surface area (Å²) in [6.07, 6.45) is -4.38. The maximum absolute atomic E-state index is 12.5. The fraction of sp³-hybridized carbons (Fsp3) is 0.364. The van der Waals surface area contributed by atoms with Gasteiger partial charge in [-0.1, -0.05) is 5.16 Å². The molecule has 0 atom stereocenters. The first-order valence-electron chi connectivity index (χ1n) is 5.48. The second-order valence-corrected chi connectivity index (χ2v) is 4.76. The quantitative estimate of drug-likeness (QED) is 0.326. The van der Waals surface area contributed by atoms with Crippen molar-refractivity contribution in [3.05, 3.63) is 28.2 Å². The van der Waals surface area contributed by atoms with Crippen LogP contribution >= 0.6 is 15.9 Å². The highest BCUT2D eigenvalue weighted by atomic mass is 79.9. The van der Waals surface area contributed by atoms with E-state index in [1.54, 1.807) is 0 Å². The van der Waals surface area contributed by atoms with Crippen LogP contribution in [-0.2, 0) is 0 Å². The molecule has 0 aliphatic rings. The van der Waals surface area contributed by atoms with Crippen LogP contribution in [-0.4, -0.2) is 42.0 Å². The number of rotatable bonds is 5. The van der Waals surface area contributed by atoms with E-state index in [2.05, 4.69) is 21.1 Å². The minimum Gasteiger partial charge on any atom is -0.409 e. The Morgan fingerprint density at radius 3 is 2.50 bits per heavy atom. The van der Waals surface area contributed by atoms with Crippen LogP contribution in [0.3, 0.4) is 0 Å². The molecule has 0 spiro atoms. The predicted octanol–water partition coefficient (Wildman–Crippen LogP) is 1.90. The summed E-state index contributed by atoms with van der Waals surface area (Å²) in [7, 11) is 0. The number of nitrogens with zero attached hydrogens (tertiary/aromatic N) is 2. The fourth-order valence-electron chi connectivity index (χ4n) is 1.60. The summed E-state index contributed by atoms with van der Waals surface area (Å²) in [6, 6.07) is 4.24. The highest BCUT2D eigenvalue weighted by Crippen LogP contribution is 2.27. The smallest absolute Gasteiger partial charge is 0.405 e. The van der Waals surface area contributed by atoms with Crippen LogP contribution in [0, 0.1) is 0 Å². The summed E-state index contributed by atoms with van der Waals surface area (Å²) in [5.74, 6) is -0.159. The summed E-state index contributed by atoms with van der Waals surface area (Å²) in [5, 5.41) is 20.3. The van der Waals surface area contributed by atoms with E-state index < -0.39 is 19.3 Å². The molecule has 112 valence electrons. The number of oxime groups is 1. The number of alkyl halides is 3. The number of halogens is 4. The lowest BCUT2D eigenvalue weighted by Gasteiger charge is -2.25. The molecule has 0 amide bonds. The third-order valence-electron chi connectivity index (χ3n) is 2.44. The van der Waals surface area contributed by atoms with Crippen molar-refractivity contribution < 1.29 is 23.5 Å². The van der Waals surface area contributed by atoms with Crippen LogP contribution in [0.2, 0.25) is 0 Å². The van der Waals surface area contributed by atoms with Crippen LogP contribution < -0.4 is 10.6 Å². The zero-order valence-electron chi connectivity index (χ0n) is 10.2. The molecule has 0 heterocycles. The Labute approximate surface area is 121 Å². The first-order chi connectivity index (χ1) is 9.28. The van der Waals surface area contributed by atoms with Crippen LogP contribution in [0.25, 0.3) is 0 Å². The van der Waals surface area contributed by atoms with Crippen LogP contribution in [0.15, 0.2) is 27.8 Å². The van der Waals surface area contributed by atoms with Gasteiger partial charge >= 0.3 is 6.18 Å². The molecule has 0 aliphatic heterocycles. The molecule has 0 saturated heterocycles. The molecule has 0 saturated carbocycles. The molecule has 0 bridgehead atoms. The third kappa shape index (κ3) is 4.57. The Morgan fingerprint density at radius 1 is 1.40 bits per heavy atom. The maximum Gasteiger partial charge on any atom is 0.405 e. The molecule has 0 aromatic heterocycles. The largest absolute Gasteiger partial charge is 0.409 e. The average Bonchev–Trinajstić information content (AvgIpc) is 2.35. The standard InChI is InChI=1S/C11H13BrF3N3O2/c12-9-5-7(1-2-8(9)10(16)17-20)18(3-4-19)6-11(13,14)15/h1-2,5,19-20H,3-4,6H2,(H2,16,17). The molecule has 20 heavy (non-hydrogen) atoms. The minimum atomic E-state index is -4.38. The van der Waals surface area contributed by atoms with Crippen molar-refractivity contribution in [1.29, 1.82) is 0 Å². The van der Waals surface area contributed by atoms with E-state index in [0.29, 0.717) is 10.0 Å².